The van der Waals surface area contributed by atoms with Crippen LogP contribution in [0.25, 0.3) is 34.4 Å². The number of benzene rings is 4. The van der Waals surface area contributed by atoms with Gasteiger partial charge in [-0.2, -0.15) is 0 Å². The van der Waals surface area contributed by atoms with Crippen molar-refractivity contribution in [1.29, 1.82) is 0 Å². The molecule has 0 N–H and O–H groups in total. The Morgan fingerprint density at radius 2 is 0.833 bits per heavy atom. The molecule has 2 unspecified atom stereocenters. The molecular weight excluding hydrogens is 719 g/mol. The zero-order chi connectivity index (χ0) is 35.4. The van der Waals surface area contributed by atoms with E-state index in [0.717, 1.165) is 0 Å². The van der Waals surface area contributed by atoms with E-state index in [4.69, 9.17) is 17.0 Å². The van der Waals surface area contributed by atoms with E-state index in [9.17, 15) is 0 Å². The zero-order valence-corrected chi connectivity index (χ0v) is 36.7. The van der Waals surface area contributed by atoms with Gasteiger partial charge in [0, 0.05) is 0 Å². The van der Waals surface area contributed by atoms with Crippen molar-refractivity contribution >= 4 is 35.1 Å². The molecule has 251 valence electrons. The number of hydrogen-bond donors (Lipinski definition) is 0. The van der Waals surface area contributed by atoms with E-state index in [0.29, 0.717) is 0 Å². The molecule has 2 atom stereocenters. The molecule has 0 amide bonds. The van der Waals surface area contributed by atoms with Crippen molar-refractivity contribution in [3.05, 3.63) is 125 Å². The summed E-state index contributed by atoms with van der Waals surface area (Å²) in [5, 5.41) is 0. The maximum absolute atomic E-state index is 8.62. The van der Waals surface area contributed by atoms with Gasteiger partial charge in [-0.3, -0.25) is 0 Å². The summed E-state index contributed by atoms with van der Waals surface area (Å²) in [5.74, 6) is -1.63. The monoisotopic (exact) mass is 769 g/mol. The van der Waals surface area contributed by atoms with Crippen molar-refractivity contribution in [3.63, 3.8) is 0 Å². The van der Waals surface area contributed by atoms with Crippen LogP contribution in [-0.4, -0.2) is 5.92 Å². The SMILES string of the molecule is CC1=Cc2c(ccc(C)c2-c2cc(C)c(C)c(C)c2C)[CH]1[Zr]([Cl])([Cl])([CH]1C(C)=Cc2c1ccc(C)c2-c1cc(C)c(C)c(C)c1C)[SiH](C)C. The third kappa shape index (κ3) is 4.98. The van der Waals surface area contributed by atoms with Crippen LogP contribution in [0, 0.1) is 69.2 Å². The van der Waals surface area contributed by atoms with Gasteiger partial charge in [-0.05, 0) is 0 Å². The van der Waals surface area contributed by atoms with Crippen molar-refractivity contribution in [1.82, 2.24) is 0 Å². The topological polar surface area (TPSA) is 0 Å². The Kier molecular flexibility index (Phi) is 9.02. The summed E-state index contributed by atoms with van der Waals surface area (Å²) >= 11 is -4.81. The van der Waals surface area contributed by atoms with E-state index in [2.05, 4.69) is 145 Å². The first-order chi connectivity index (χ1) is 22.3. The third-order valence-electron chi connectivity index (χ3n) is 13.0. The van der Waals surface area contributed by atoms with Gasteiger partial charge >= 0.3 is 302 Å². The number of aryl methyl sites for hydroxylation is 4. The van der Waals surface area contributed by atoms with Crippen LogP contribution in [-0.2, 0) is 15.6 Å². The molecule has 0 fully saturated rings. The molecule has 0 heterocycles. The number of rotatable bonds is 5. The fourth-order valence-corrected chi connectivity index (χ4v) is 42.3. The van der Waals surface area contributed by atoms with E-state index in [-0.39, 0.29) is 7.25 Å². The average molecular weight is 772 g/mol. The summed E-state index contributed by atoms with van der Waals surface area (Å²) in [5.41, 5.74) is 27.1. The minimum absolute atomic E-state index is 0.0818. The number of allylic oxidation sites excluding steroid dienone is 2. The number of halogens is 2. The molecule has 0 nitrogen and oxygen atoms in total. The fraction of sp³-hybridized carbons (Fsp3) is 0.364. The normalized spacial score (nSPS) is 18.1. The molecule has 0 spiro atoms. The molecule has 48 heavy (non-hydrogen) atoms. The molecule has 4 aromatic carbocycles. The van der Waals surface area contributed by atoms with Gasteiger partial charge < -0.3 is 0 Å². The molecule has 0 saturated carbocycles. The van der Waals surface area contributed by atoms with Crippen LogP contribution < -0.4 is 0 Å². The van der Waals surface area contributed by atoms with Gasteiger partial charge in [-0.25, -0.2) is 0 Å². The Morgan fingerprint density at radius 3 is 1.17 bits per heavy atom. The van der Waals surface area contributed by atoms with Gasteiger partial charge in [0.1, 0.15) is 0 Å². The molecule has 4 heteroatoms. The maximum atomic E-state index is 8.62. The van der Waals surface area contributed by atoms with E-state index in [1.807, 2.05) is 0 Å². The molecule has 2 aliphatic rings. The van der Waals surface area contributed by atoms with Crippen LogP contribution in [0.4, 0.5) is 0 Å². The summed E-state index contributed by atoms with van der Waals surface area (Å²) in [6.45, 7) is 32.1. The second kappa shape index (κ2) is 12.1. The molecule has 4 aromatic rings. The van der Waals surface area contributed by atoms with Crippen LogP contribution in [0.2, 0.25) is 13.1 Å². The zero-order valence-electron chi connectivity index (χ0n) is 31.6. The first-order valence-corrected chi connectivity index (χ1v) is 34.0. The summed E-state index contributed by atoms with van der Waals surface area (Å²) in [4.78, 5) is 0. The average Bonchev–Trinajstić information content (AvgIpc) is 3.55. The summed E-state index contributed by atoms with van der Waals surface area (Å²) in [6, 6.07) is 14.2. The third-order valence-corrected chi connectivity index (χ3v) is 65.2. The summed E-state index contributed by atoms with van der Waals surface area (Å²) in [6.07, 6.45) is 4.91. The molecule has 0 radical (unpaired) electrons. The first kappa shape index (κ1) is 35.9. The predicted octanol–water partition coefficient (Wildman–Crippen LogP) is 13.7. The van der Waals surface area contributed by atoms with Crippen molar-refractivity contribution < 1.29 is 15.6 Å². The van der Waals surface area contributed by atoms with Gasteiger partial charge in [0.05, 0.1) is 0 Å². The van der Waals surface area contributed by atoms with E-state index in [1.165, 1.54) is 111 Å². The molecule has 6 rings (SSSR count). The Morgan fingerprint density at radius 1 is 0.479 bits per heavy atom. The molecule has 2 aliphatic carbocycles. The quantitative estimate of drug-likeness (QED) is 0.177. The molecular formula is C44H53Cl2SiZr. The van der Waals surface area contributed by atoms with Crippen LogP contribution in [0.3, 0.4) is 0 Å². The van der Waals surface area contributed by atoms with E-state index < -0.39 is 21.5 Å². The standard InChI is InChI=1S/2C21H23.C2H7Si.2ClH.Zr/c2*1-12-9-18-8-7-13(2)21(20(18)10-12)19-11-14(3)15(4)16(5)17(19)6;1-3-2;;;/h2*7-11H,1-6H3;3H,1-2H3;2*1H;/q;;;;;+2/p-2. The summed E-state index contributed by atoms with van der Waals surface area (Å²) < 4.78 is 0.164. The van der Waals surface area contributed by atoms with Crippen molar-refractivity contribution in [2.75, 3.05) is 0 Å². The Bertz CT molecular complexity index is 1980. The van der Waals surface area contributed by atoms with Crippen molar-refractivity contribution in [2.24, 2.45) is 0 Å². The van der Waals surface area contributed by atoms with E-state index in [1.54, 1.807) is 0 Å². The van der Waals surface area contributed by atoms with Gasteiger partial charge in [0.2, 0.25) is 0 Å². The number of fused-ring (bicyclic) bond motifs is 2. The molecule has 0 bridgehead atoms. The predicted molar refractivity (Wildman–Crippen MR) is 214 cm³/mol. The van der Waals surface area contributed by atoms with Gasteiger partial charge in [-0.1, -0.05) is 0 Å². The Balaban J connectivity index is 1.60. The second-order valence-corrected chi connectivity index (χ2v) is 58.3. The van der Waals surface area contributed by atoms with Crippen LogP contribution in [0.15, 0.2) is 47.5 Å². The molecule has 0 aliphatic heterocycles. The van der Waals surface area contributed by atoms with Gasteiger partial charge in [-0.15, -0.1) is 0 Å². The second-order valence-electron chi connectivity index (χ2n) is 15.8. The Labute approximate surface area is 299 Å². The molecule has 0 aromatic heterocycles. The van der Waals surface area contributed by atoms with Crippen LogP contribution in [0.1, 0.15) is 99.0 Å². The van der Waals surface area contributed by atoms with Gasteiger partial charge in [0.25, 0.3) is 0 Å². The van der Waals surface area contributed by atoms with Crippen LogP contribution >= 0.6 is 17.0 Å². The first-order valence-electron chi connectivity index (χ1n) is 17.7. The fourth-order valence-electron chi connectivity index (χ4n) is 9.37. The minimum atomic E-state index is -4.81. The number of hydrogen-bond acceptors (Lipinski definition) is 0. The van der Waals surface area contributed by atoms with Crippen molar-refractivity contribution in [3.8, 4) is 22.3 Å². The summed E-state index contributed by atoms with van der Waals surface area (Å²) in [7, 11) is 17.2. The Hall–Kier alpha value is -1.96. The van der Waals surface area contributed by atoms with Crippen LogP contribution in [0.5, 0.6) is 0 Å². The van der Waals surface area contributed by atoms with Gasteiger partial charge in [0.15, 0.2) is 0 Å². The molecule has 0 saturated heterocycles. The van der Waals surface area contributed by atoms with Crippen molar-refractivity contribution in [2.45, 2.75) is 103 Å². The van der Waals surface area contributed by atoms with E-state index >= 15 is 0 Å².